The minimum atomic E-state index is -0.956. The molecule has 1 aromatic rings. The molecule has 2 saturated carbocycles. The molecule has 5 atom stereocenters. The van der Waals surface area contributed by atoms with Crippen LogP contribution in [0.5, 0.6) is 11.5 Å². The van der Waals surface area contributed by atoms with E-state index in [9.17, 15) is 5.11 Å². The fraction of sp³-hybridized carbons (Fsp3) is 0.500. The van der Waals surface area contributed by atoms with E-state index in [0.717, 1.165) is 62.2 Å². The quantitative estimate of drug-likeness (QED) is 0.244. The van der Waals surface area contributed by atoms with Crippen LogP contribution >= 0.6 is 12.2 Å². The van der Waals surface area contributed by atoms with Gasteiger partial charge in [0.15, 0.2) is 16.6 Å². The zero-order chi connectivity index (χ0) is 25.8. The van der Waals surface area contributed by atoms with Crippen molar-refractivity contribution in [2.24, 2.45) is 33.0 Å². The van der Waals surface area contributed by atoms with Gasteiger partial charge in [-0.05, 0) is 111 Å². The average Bonchev–Trinajstić information content (AvgIpc) is 3.45. The van der Waals surface area contributed by atoms with E-state index in [0.29, 0.717) is 11.8 Å². The lowest BCUT2D eigenvalue weighted by Gasteiger charge is -2.53. The Morgan fingerprint density at radius 2 is 2.05 bits per heavy atom. The van der Waals surface area contributed by atoms with Crippen LogP contribution in [0.4, 0.5) is 0 Å². The first-order chi connectivity index (χ1) is 17.8. The largest absolute Gasteiger partial charge is 0.454 e. The van der Waals surface area contributed by atoms with Gasteiger partial charge in [-0.2, -0.15) is 0 Å². The first-order valence-corrected chi connectivity index (χ1v) is 13.6. The second-order valence-corrected chi connectivity index (χ2v) is 11.5. The van der Waals surface area contributed by atoms with Crippen LogP contribution in [0.15, 0.2) is 51.0 Å². The molecule has 7 heteroatoms. The highest BCUT2D eigenvalue weighted by atomic mass is 32.1. The van der Waals surface area contributed by atoms with Crippen molar-refractivity contribution in [3.63, 3.8) is 0 Å². The number of nitrogens with two attached hydrogens (primary N) is 1. The maximum Gasteiger partial charge on any atom is 0.231 e. The van der Waals surface area contributed by atoms with E-state index in [-0.39, 0.29) is 23.2 Å². The van der Waals surface area contributed by atoms with Crippen LogP contribution in [0.3, 0.4) is 0 Å². The number of rotatable bonds is 2. The third-order valence-electron chi connectivity index (χ3n) is 9.44. The maximum absolute atomic E-state index is 11.9. The molecule has 1 aliphatic heterocycles. The summed E-state index contributed by atoms with van der Waals surface area (Å²) in [5.74, 6) is 8.94. The second kappa shape index (κ2) is 9.11. The summed E-state index contributed by atoms with van der Waals surface area (Å²) in [5.41, 5.74) is 10.9. The van der Waals surface area contributed by atoms with E-state index in [1.54, 1.807) is 5.57 Å². The molecule has 0 aromatic heterocycles. The molecule has 3 N–H and O–H groups in total. The number of allylic oxidation sites excluding steroid dienone is 4. The van der Waals surface area contributed by atoms with Crippen LogP contribution in [0.2, 0.25) is 0 Å². The van der Waals surface area contributed by atoms with Crippen LogP contribution in [-0.4, -0.2) is 34.7 Å². The number of nitrogens with zero attached hydrogens (tertiary/aromatic N) is 2. The Balaban J connectivity index is 1.47. The van der Waals surface area contributed by atoms with Crippen molar-refractivity contribution in [3.8, 4) is 23.3 Å². The number of hydrogen-bond acceptors (Lipinski definition) is 4. The summed E-state index contributed by atoms with van der Waals surface area (Å²) in [6.07, 6.45) is 10.2. The standard InChI is InChI=1S/C30H33N3O3S/c1-3-11-30(34)12-10-24-22-7-4-18-13-20(32-16-33-28(31)37)6-8-21(18)27(22)23(15-29(24,30)2)19-5-9-25-26(14-19)36-17-35-25/h5,9,13-14,16,22-24,34H,4,6-8,10,12,15,17H2,1-2H3,(H2,31,37)/t22-,23+,24-,29-,30-/m0/s1. The van der Waals surface area contributed by atoms with Crippen molar-refractivity contribution in [1.29, 1.82) is 0 Å². The molecule has 6 nitrogen and oxygen atoms in total. The fourth-order valence-corrected chi connectivity index (χ4v) is 7.83. The summed E-state index contributed by atoms with van der Waals surface area (Å²) in [4.78, 5) is 8.46. The van der Waals surface area contributed by atoms with Gasteiger partial charge in [-0.3, -0.25) is 0 Å². The zero-order valence-electron chi connectivity index (χ0n) is 21.4. The molecule has 1 heterocycles. The summed E-state index contributed by atoms with van der Waals surface area (Å²) >= 11 is 4.83. The lowest BCUT2D eigenvalue weighted by atomic mass is 9.51. The van der Waals surface area contributed by atoms with Gasteiger partial charge in [0.2, 0.25) is 6.79 Å². The Kier molecular flexibility index (Phi) is 6.00. The predicted octanol–water partition coefficient (Wildman–Crippen LogP) is 5.21. The topological polar surface area (TPSA) is 89.4 Å². The van der Waals surface area contributed by atoms with Crippen LogP contribution in [0.25, 0.3) is 0 Å². The highest BCUT2D eigenvalue weighted by Crippen LogP contribution is 2.66. The summed E-state index contributed by atoms with van der Waals surface area (Å²) < 4.78 is 11.4. The monoisotopic (exact) mass is 515 g/mol. The van der Waals surface area contributed by atoms with E-state index < -0.39 is 5.60 Å². The van der Waals surface area contributed by atoms with Gasteiger partial charge in [-0.1, -0.05) is 24.5 Å². The van der Waals surface area contributed by atoms with E-state index in [1.807, 2.05) is 13.0 Å². The summed E-state index contributed by atoms with van der Waals surface area (Å²) in [6.45, 7) is 4.39. The lowest BCUT2D eigenvalue weighted by molar-refractivity contribution is -0.0513. The molecule has 192 valence electrons. The molecule has 0 radical (unpaired) electrons. The van der Waals surface area contributed by atoms with Gasteiger partial charge in [0.25, 0.3) is 0 Å². The SMILES string of the molecule is CC#C[C@]1(O)CC[C@H]2[C@@H]3CCC4=CC(=NC=NC(N)=S)CCC4=C3[C@@H](c3ccc4c(c3)OCO4)C[C@@]21C. The van der Waals surface area contributed by atoms with Crippen LogP contribution in [0, 0.1) is 29.1 Å². The smallest absolute Gasteiger partial charge is 0.231 e. The molecule has 4 aliphatic carbocycles. The number of benzene rings is 1. The Hall–Kier alpha value is -2.95. The number of aliphatic imine (C=N–C) groups is 2. The van der Waals surface area contributed by atoms with Crippen molar-refractivity contribution in [2.75, 3.05) is 6.79 Å². The molecule has 1 aromatic carbocycles. The first kappa shape index (κ1) is 24.4. The summed E-state index contributed by atoms with van der Waals surface area (Å²) in [7, 11) is 0. The highest BCUT2D eigenvalue weighted by Gasteiger charge is 2.62. The molecule has 37 heavy (non-hydrogen) atoms. The molecule has 5 aliphatic rings. The minimum absolute atomic E-state index is 0.0947. The molecule has 0 saturated heterocycles. The van der Waals surface area contributed by atoms with Gasteiger partial charge in [-0.25, -0.2) is 9.98 Å². The van der Waals surface area contributed by atoms with Crippen LogP contribution < -0.4 is 15.2 Å². The fourth-order valence-electron chi connectivity index (χ4n) is 7.78. The zero-order valence-corrected chi connectivity index (χ0v) is 22.2. The Labute approximate surface area is 223 Å². The van der Waals surface area contributed by atoms with Crippen molar-refractivity contribution >= 4 is 29.4 Å². The molecule has 0 amide bonds. The third-order valence-corrected chi connectivity index (χ3v) is 9.55. The summed E-state index contributed by atoms with van der Waals surface area (Å²) in [6, 6.07) is 6.37. The molecular weight excluding hydrogens is 482 g/mol. The molecule has 0 bridgehead atoms. The predicted molar refractivity (Wildman–Crippen MR) is 149 cm³/mol. The lowest BCUT2D eigenvalue weighted by Crippen LogP contribution is -2.51. The van der Waals surface area contributed by atoms with Crippen LogP contribution in [-0.2, 0) is 0 Å². The number of ether oxygens (including phenoxy) is 2. The third kappa shape index (κ3) is 3.93. The van der Waals surface area contributed by atoms with Crippen molar-refractivity contribution in [3.05, 3.63) is 46.6 Å². The van der Waals surface area contributed by atoms with E-state index >= 15 is 0 Å². The van der Waals surface area contributed by atoms with Crippen LogP contribution in [0.1, 0.15) is 70.3 Å². The van der Waals surface area contributed by atoms with Crippen molar-refractivity contribution < 1.29 is 14.6 Å². The number of thiocarbonyl (C=S) groups is 1. The first-order valence-electron chi connectivity index (χ1n) is 13.2. The molecule has 0 spiro atoms. The molecule has 6 rings (SSSR count). The Morgan fingerprint density at radius 3 is 2.86 bits per heavy atom. The van der Waals surface area contributed by atoms with Gasteiger partial charge in [0.05, 0.1) is 0 Å². The normalized spacial score (nSPS) is 34.9. The number of aliphatic hydroxyl groups is 1. The van der Waals surface area contributed by atoms with E-state index in [1.165, 1.54) is 23.0 Å². The van der Waals surface area contributed by atoms with Crippen molar-refractivity contribution in [2.45, 2.75) is 70.3 Å². The summed E-state index contributed by atoms with van der Waals surface area (Å²) in [5, 5.41) is 11.9. The van der Waals surface area contributed by atoms with E-state index in [4.69, 9.17) is 27.4 Å². The highest BCUT2D eigenvalue weighted by molar-refractivity contribution is 7.80. The molecule has 0 unspecified atom stereocenters. The Morgan fingerprint density at radius 1 is 1.22 bits per heavy atom. The maximum atomic E-state index is 11.9. The minimum Gasteiger partial charge on any atom is -0.454 e. The van der Waals surface area contributed by atoms with Gasteiger partial charge in [-0.15, -0.1) is 5.92 Å². The Bertz CT molecular complexity index is 1350. The van der Waals surface area contributed by atoms with Gasteiger partial charge < -0.3 is 20.3 Å². The number of hydrogen-bond donors (Lipinski definition) is 2. The molecule has 2 fully saturated rings. The average molecular weight is 516 g/mol. The molecular formula is C30H33N3O3S. The second-order valence-electron chi connectivity index (χ2n) is 11.1. The van der Waals surface area contributed by atoms with Gasteiger partial charge >= 0.3 is 0 Å². The van der Waals surface area contributed by atoms with Gasteiger partial charge in [0, 0.05) is 17.0 Å². The van der Waals surface area contributed by atoms with E-state index in [2.05, 4.69) is 47.0 Å². The van der Waals surface area contributed by atoms with Crippen molar-refractivity contribution in [1.82, 2.24) is 0 Å². The number of fused-ring (bicyclic) bond motifs is 5. The van der Waals surface area contributed by atoms with Gasteiger partial charge in [0.1, 0.15) is 11.9 Å².